The zero-order valence-corrected chi connectivity index (χ0v) is 25.7. The molecule has 1 heterocycles. The van der Waals surface area contributed by atoms with Crippen molar-refractivity contribution < 1.29 is 4.79 Å². The molecule has 3 aromatic rings. The number of rotatable bonds is 9. The van der Waals surface area contributed by atoms with Crippen LogP contribution in [0.2, 0.25) is 0 Å². The number of carbonyl (C=O) groups is 1. The minimum atomic E-state index is -0.703. The summed E-state index contributed by atoms with van der Waals surface area (Å²) in [5, 5.41) is 17.1. The van der Waals surface area contributed by atoms with Crippen molar-refractivity contribution in [3.05, 3.63) is 69.7 Å². The second-order valence-corrected chi connectivity index (χ2v) is 10.4. The van der Waals surface area contributed by atoms with Gasteiger partial charge in [-0.2, -0.15) is 0 Å². The Kier molecular flexibility index (Phi) is 12.2. The fourth-order valence-corrected chi connectivity index (χ4v) is 4.09. The standard InChI is InChI=1S/C28H32N8O.C5H12/c1-5-16(3)24-25-19(14-30)20(31)10-11-21(25)36-26(24)27(28(33)37)34-17(4)18-9-8-15(2)13-22(18)35-23(32)7-6-12-29;1-4-5(2)3/h6-14,29-30,36H,5,31H2,1-4H3,(H2,32,35)(H2,33,37);5H,4H2,1-3H3/b7-6-,24-16+,27-26+,29-12?,30-14?,34-17?;. The van der Waals surface area contributed by atoms with Crippen LogP contribution in [0.25, 0.3) is 22.2 Å². The number of hydrogen-bond acceptors (Lipinski definition) is 6. The van der Waals surface area contributed by atoms with Gasteiger partial charge in [0, 0.05) is 51.1 Å². The van der Waals surface area contributed by atoms with Gasteiger partial charge in [0.15, 0.2) is 5.70 Å². The Labute approximate surface area is 248 Å². The lowest BCUT2D eigenvalue weighted by atomic mass is 10.0. The molecule has 1 aromatic heterocycles. The van der Waals surface area contributed by atoms with Crippen molar-refractivity contribution in [2.75, 3.05) is 5.73 Å². The smallest absolute Gasteiger partial charge is 0.269 e. The number of benzene rings is 2. The van der Waals surface area contributed by atoms with E-state index in [9.17, 15) is 4.79 Å². The van der Waals surface area contributed by atoms with Gasteiger partial charge in [-0.3, -0.25) is 4.79 Å². The Morgan fingerprint density at radius 2 is 1.76 bits per heavy atom. The van der Waals surface area contributed by atoms with Crippen LogP contribution in [0.4, 0.5) is 11.4 Å². The van der Waals surface area contributed by atoms with Gasteiger partial charge in [-0.1, -0.05) is 51.8 Å². The molecule has 0 aliphatic heterocycles. The van der Waals surface area contributed by atoms with Crippen LogP contribution in [0.15, 0.2) is 52.5 Å². The molecule has 0 unspecified atom stereocenters. The number of hydrogen-bond donors (Lipinski definition) is 6. The lowest BCUT2D eigenvalue weighted by Crippen LogP contribution is -2.32. The summed E-state index contributed by atoms with van der Waals surface area (Å²) in [6, 6.07) is 9.19. The summed E-state index contributed by atoms with van der Waals surface area (Å²) in [6.07, 6.45) is 7.35. The predicted molar refractivity (Wildman–Crippen MR) is 180 cm³/mol. The molecule has 0 aliphatic carbocycles. The average Bonchev–Trinajstić information content (AvgIpc) is 3.33. The third-order valence-electron chi connectivity index (χ3n) is 6.86. The normalized spacial score (nSPS) is 13.6. The van der Waals surface area contributed by atoms with Crippen LogP contribution >= 0.6 is 0 Å². The molecule has 0 saturated carbocycles. The van der Waals surface area contributed by atoms with E-state index in [2.05, 4.69) is 35.7 Å². The number of nitrogens with one attached hydrogen (secondary N) is 3. The van der Waals surface area contributed by atoms with Crippen molar-refractivity contribution in [1.82, 2.24) is 4.98 Å². The summed E-state index contributed by atoms with van der Waals surface area (Å²) in [6.45, 7) is 14.3. The van der Waals surface area contributed by atoms with Crippen molar-refractivity contribution in [1.29, 1.82) is 10.8 Å². The highest BCUT2D eigenvalue weighted by Crippen LogP contribution is 2.23. The summed E-state index contributed by atoms with van der Waals surface area (Å²) in [7, 11) is 0. The van der Waals surface area contributed by atoms with Crippen LogP contribution in [-0.4, -0.2) is 34.9 Å². The first-order chi connectivity index (χ1) is 19.9. The van der Waals surface area contributed by atoms with E-state index < -0.39 is 5.91 Å². The highest BCUT2D eigenvalue weighted by molar-refractivity contribution is 6.17. The Balaban J connectivity index is 0.00000113. The van der Waals surface area contributed by atoms with Gasteiger partial charge >= 0.3 is 0 Å². The van der Waals surface area contributed by atoms with Gasteiger partial charge in [-0.25, -0.2) is 9.98 Å². The molecule has 0 aliphatic rings. The molecule has 222 valence electrons. The molecule has 1 amide bonds. The van der Waals surface area contributed by atoms with Gasteiger partial charge in [0.05, 0.1) is 11.0 Å². The summed E-state index contributed by atoms with van der Waals surface area (Å²) >= 11 is 0. The molecule has 9 heteroatoms. The number of fused-ring (bicyclic) bond motifs is 1. The Bertz CT molecular complexity index is 1690. The number of aromatic nitrogens is 1. The summed E-state index contributed by atoms with van der Waals surface area (Å²) in [5.74, 6) is 0.408. The molecule has 0 radical (unpaired) electrons. The molecule has 9 nitrogen and oxygen atoms in total. The average molecular weight is 569 g/mol. The number of amidine groups is 1. The number of aryl methyl sites for hydroxylation is 1. The zero-order valence-electron chi connectivity index (χ0n) is 25.7. The van der Waals surface area contributed by atoms with Gasteiger partial charge in [-0.05, 0) is 69.0 Å². The number of allylic oxidation sites excluding steroid dienone is 1. The molecular formula is C33H44N8O. The second-order valence-electron chi connectivity index (χ2n) is 10.4. The third kappa shape index (κ3) is 8.13. The number of anilines is 1. The quantitative estimate of drug-likeness (QED) is 0.121. The third-order valence-corrected chi connectivity index (χ3v) is 6.86. The van der Waals surface area contributed by atoms with E-state index in [0.717, 1.165) is 39.4 Å². The van der Waals surface area contributed by atoms with E-state index >= 15 is 0 Å². The number of nitrogens with zero attached hydrogens (tertiary/aromatic N) is 2. The minimum absolute atomic E-state index is 0.0539. The second kappa shape index (κ2) is 15.3. The number of carbonyl (C=O) groups excluding carboxylic acids is 1. The number of aliphatic imine (C=N–C) groups is 2. The van der Waals surface area contributed by atoms with E-state index in [-0.39, 0.29) is 11.5 Å². The maximum absolute atomic E-state index is 12.8. The molecule has 42 heavy (non-hydrogen) atoms. The summed E-state index contributed by atoms with van der Waals surface area (Å²) in [4.78, 5) is 25.2. The monoisotopic (exact) mass is 568 g/mol. The number of nitrogen functional groups attached to an aromatic ring is 1. The fraction of sp³-hybridized carbons (Fsp3) is 0.303. The van der Waals surface area contributed by atoms with Gasteiger partial charge in [0.25, 0.3) is 5.91 Å². The molecule has 2 aromatic carbocycles. The molecule has 0 saturated heterocycles. The molecule has 0 spiro atoms. The van der Waals surface area contributed by atoms with E-state index in [1.54, 1.807) is 13.0 Å². The highest BCUT2D eigenvalue weighted by atomic mass is 16.1. The molecule has 0 fully saturated rings. The number of nitrogens with two attached hydrogens (primary N) is 3. The molecule has 0 bridgehead atoms. The molecule has 0 atom stereocenters. The van der Waals surface area contributed by atoms with Gasteiger partial charge in [0.1, 0.15) is 5.84 Å². The number of H-pyrrole nitrogens is 1. The van der Waals surface area contributed by atoms with Crippen LogP contribution in [0.1, 0.15) is 71.1 Å². The maximum Gasteiger partial charge on any atom is 0.269 e. The largest absolute Gasteiger partial charge is 0.398 e. The Morgan fingerprint density at radius 1 is 1.10 bits per heavy atom. The first-order valence-electron chi connectivity index (χ1n) is 14.0. The van der Waals surface area contributed by atoms with Crippen LogP contribution in [0.5, 0.6) is 0 Å². The van der Waals surface area contributed by atoms with Crippen LogP contribution in [0.3, 0.4) is 0 Å². The maximum atomic E-state index is 12.8. The van der Waals surface area contributed by atoms with Crippen molar-refractivity contribution >= 4 is 63.4 Å². The van der Waals surface area contributed by atoms with Crippen LogP contribution < -0.4 is 27.8 Å². The first kappa shape index (κ1) is 33.4. The molecular weight excluding hydrogens is 524 g/mol. The summed E-state index contributed by atoms with van der Waals surface area (Å²) in [5.41, 5.74) is 23.6. The number of primary amides is 1. The van der Waals surface area contributed by atoms with E-state index in [1.165, 1.54) is 24.8 Å². The van der Waals surface area contributed by atoms with Crippen molar-refractivity contribution in [2.24, 2.45) is 27.4 Å². The Hall–Kier alpha value is -4.79. The summed E-state index contributed by atoms with van der Waals surface area (Å²) < 4.78 is 0. The van der Waals surface area contributed by atoms with E-state index in [1.807, 2.05) is 45.0 Å². The van der Waals surface area contributed by atoms with Gasteiger partial charge < -0.3 is 33.0 Å². The lowest BCUT2D eigenvalue weighted by molar-refractivity contribution is -0.113. The Morgan fingerprint density at radius 3 is 2.31 bits per heavy atom. The number of aromatic amines is 1. The molecule has 9 N–H and O–H groups in total. The van der Waals surface area contributed by atoms with Gasteiger partial charge in [-0.15, -0.1) is 0 Å². The molecule has 3 rings (SSSR count). The van der Waals surface area contributed by atoms with Gasteiger partial charge in [0.2, 0.25) is 0 Å². The SMILES string of the molecule is CC/C(C)=c1/c(=C(\N=C(C)c2ccc(C)cc2N=C(N)/C=C\C=N)C(N)=O)[nH]c2ccc(N)c(C=N)c12.CCC(C)C. The predicted octanol–water partition coefficient (Wildman–Crippen LogP) is 4.99. The lowest BCUT2D eigenvalue weighted by Gasteiger charge is -2.08. The topological polar surface area (TPSA) is 183 Å². The van der Waals surface area contributed by atoms with Crippen molar-refractivity contribution in [3.8, 4) is 0 Å². The van der Waals surface area contributed by atoms with Crippen molar-refractivity contribution in [3.63, 3.8) is 0 Å². The van der Waals surface area contributed by atoms with E-state index in [0.29, 0.717) is 40.0 Å². The fourth-order valence-electron chi connectivity index (χ4n) is 4.09. The zero-order chi connectivity index (χ0) is 31.6. The van der Waals surface area contributed by atoms with Crippen LogP contribution in [0, 0.1) is 23.7 Å². The highest BCUT2D eigenvalue weighted by Gasteiger charge is 2.16. The van der Waals surface area contributed by atoms with Crippen LogP contribution in [-0.2, 0) is 4.79 Å². The van der Waals surface area contributed by atoms with E-state index in [4.69, 9.17) is 28.0 Å². The number of amides is 1. The minimum Gasteiger partial charge on any atom is -0.398 e. The first-order valence-corrected chi connectivity index (χ1v) is 14.0. The van der Waals surface area contributed by atoms with Crippen molar-refractivity contribution in [2.45, 2.75) is 61.3 Å².